The van der Waals surface area contributed by atoms with Crippen molar-refractivity contribution >= 4 is 11.3 Å². The molecule has 1 aromatic rings. The Morgan fingerprint density at radius 1 is 1.32 bits per heavy atom. The van der Waals surface area contributed by atoms with Gasteiger partial charge in [-0.2, -0.15) is 0 Å². The van der Waals surface area contributed by atoms with E-state index < -0.39 is 0 Å². The second-order valence-electron chi connectivity index (χ2n) is 6.16. The maximum absolute atomic E-state index is 6.22. The Kier molecular flexibility index (Phi) is 6.43. The standard InChI is InChI=1S/C15H29N3S/c1-6-18(7-2)9-8-12(16)10-14-17-13(11-19-14)15(3,4)5/h11-12H,6-10,16H2,1-5H3. The van der Waals surface area contributed by atoms with Gasteiger partial charge in [-0.3, -0.25) is 0 Å². The summed E-state index contributed by atoms with van der Waals surface area (Å²) in [6.45, 7) is 14.3. The highest BCUT2D eigenvalue weighted by molar-refractivity contribution is 7.09. The van der Waals surface area contributed by atoms with Gasteiger partial charge in [0, 0.05) is 23.3 Å². The van der Waals surface area contributed by atoms with Gasteiger partial charge < -0.3 is 10.6 Å². The molecule has 1 atom stereocenters. The van der Waals surface area contributed by atoms with Crippen molar-refractivity contribution in [3.63, 3.8) is 0 Å². The van der Waals surface area contributed by atoms with Gasteiger partial charge in [-0.05, 0) is 26.1 Å². The average molecular weight is 283 g/mol. The average Bonchev–Trinajstić information content (AvgIpc) is 2.78. The van der Waals surface area contributed by atoms with Crippen LogP contribution in [0, 0.1) is 0 Å². The smallest absolute Gasteiger partial charge is 0.0943 e. The van der Waals surface area contributed by atoms with E-state index >= 15 is 0 Å². The fraction of sp³-hybridized carbons (Fsp3) is 0.800. The molecule has 110 valence electrons. The lowest BCUT2D eigenvalue weighted by Gasteiger charge is -2.20. The Morgan fingerprint density at radius 2 is 1.95 bits per heavy atom. The van der Waals surface area contributed by atoms with Crippen LogP contribution in [0.15, 0.2) is 5.38 Å². The summed E-state index contributed by atoms with van der Waals surface area (Å²) in [4.78, 5) is 7.13. The number of thiazole rings is 1. The highest BCUT2D eigenvalue weighted by Gasteiger charge is 2.18. The van der Waals surface area contributed by atoms with Crippen LogP contribution in [-0.4, -0.2) is 35.6 Å². The van der Waals surface area contributed by atoms with Gasteiger partial charge in [0.2, 0.25) is 0 Å². The van der Waals surface area contributed by atoms with Crippen molar-refractivity contribution in [2.75, 3.05) is 19.6 Å². The Hall–Kier alpha value is -0.450. The van der Waals surface area contributed by atoms with Gasteiger partial charge >= 0.3 is 0 Å². The van der Waals surface area contributed by atoms with Gasteiger partial charge in [0.1, 0.15) is 0 Å². The zero-order valence-corrected chi connectivity index (χ0v) is 13.9. The number of aromatic nitrogens is 1. The molecule has 0 bridgehead atoms. The second-order valence-corrected chi connectivity index (χ2v) is 7.10. The molecule has 0 saturated carbocycles. The second kappa shape index (κ2) is 7.36. The lowest BCUT2D eigenvalue weighted by Crippen LogP contribution is -2.31. The molecule has 3 nitrogen and oxygen atoms in total. The Labute approximate surface area is 122 Å². The fourth-order valence-corrected chi connectivity index (χ4v) is 3.08. The Morgan fingerprint density at radius 3 is 2.42 bits per heavy atom. The third-order valence-electron chi connectivity index (χ3n) is 3.47. The van der Waals surface area contributed by atoms with E-state index in [4.69, 9.17) is 10.7 Å². The monoisotopic (exact) mass is 283 g/mol. The van der Waals surface area contributed by atoms with Crippen LogP contribution in [0.1, 0.15) is 51.7 Å². The molecule has 0 aliphatic carbocycles. The topological polar surface area (TPSA) is 42.1 Å². The summed E-state index contributed by atoms with van der Waals surface area (Å²) in [6, 6.07) is 0.222. The highest BCUT2D eigenvalue weighted by Crippen LogP contribution is 2.24. The van der Waals surface area contributed by atoms with Gasteiger partial charge in [0.05, 0.1) is 10.7 Å². The van der Waals surface area contributed by atoms with Crippen molar-refractivity contribution in [1.29, 1.82) is 0 Å². The van der Waals surface area contributed by atoms with Crippen LogP contribution < -0.4 is 5.73 Å². The fourth-order valence-electron chi connectivity index (χ4n) is 1.96. The zero-order valence-electron chi connectivity index (χ0n) is 13.1. The van der Waals surface area contributed by atoms with E-state index in [0.29, 0.717) is 0 Å². The predicted octanol–water partition coefficient (Wildman–Crippen LogP) is 3.04. The maximum Gasteiger partial charge on any atom is 0.0943 e. The first-order valence-corrected chi connectivity index (χ1v) is 8.17. The molecule has 0 radical (unpaired) electrons. The summed E-state index contributed by atoms with van der Waals surface area (Å²) in [5.74, 6) is 0. The van der Waals surface area contributed by atoms with Crippen LogP contribution in [0.25, 0.3) is 0 Å². The van der Waals surface area contributed by atoms with Crippen molar-refractivity contribution in [3.05, 3.63) is 16.1 Å². The third-order valence-corrected chi connectivity index (χ3v) is 4.34. The zero-order chi connectivity index (χ0) is 14.5. The summed E-state index contributed by atoms with van der Waals surface area (Å²) >= 11 is 1.75. The molecule has 0 spiro atoms. The van der Waals surface area contributed by atoms with Gasteiger partial charge in [0.25, 0.3) is 0 Å². The number of nitrogens with zero attached hydrogens (tertiary/aromatic N) is 2. The van der Waals surface area contributed by atoms with Crippen LogP contribution >= 0.6 is 11.3 Å². The summed E-state index contributed by atoms with van der Waals surface area (Å²) in [5, 5.41) is 3.35. The van der Waals surface area contributed by atoms with E-state index in [1.807, 2.05) is 0 Å². The van der Waals surface area contributed by atoms with Crippen LogP contribution in [0.5, 0.6) is 0 Å². The SMILES string of the molecule is CCN(CC)CCC(N)Cc1nc(C(C)(C)C)cs1. The minimum absolute atomic E-state index is 0.139. The van der Waals surface area contributed by atoms with Gasteiger partial charge in [-0.25, -0.2) is 4.98 Å². The van der Waals surface area contributed by atoms with E-state index in [-0.39, 0.29) is 11.5 Å². The van der Waals surface area contributed by atoms with Gasteiger partial charge in [-0.15, -0.1) is 11.3 Å². The number of hydrogen-bond acceptors (Lipinski definition) is 4. The molecule has 0 aliphatic rings. The highest BCUT2D eigenvalue weighted by atomic mass is 32.1. The Balaban J connectivity index is 2.44. The van der Waals surface area contributed by atoms with Crippen LogP contribution in [-0.2, 0) is 11.8 Å². The summed E-state index contributed by atoms with van der Waals surface area (Å²) < 4.78 is 0. The third kappa shape index (κ3) is 5.59. The number of hydrogen-bond donors (Lipinski definition) is 1. The summed E-state index contributed by atoms with van der Waals surface area (Å²) in [6.07, 6.45) is 1.95. The van der Waals surface area contributed by atoms with E-state index in [1.165, 1.54) is 10.7 Å². The molecule has 1 rings (SSSR count). The quantitative estimate of drug-likeness (QED) is 0.836. The molecule has 2 N–H and O–H groups in total. The predicted molar refractivity (Wildman–Crippen MR) is 84.9 cm³/mol. The molecule has 0 saturated heterocycles. The number of nitrogens with two attached hydrogens (primary N) is 1. The molecule has 0 aromatic carbocycles. The first-order chi connectivity index (χ1) is 8.86. The van der Waals surface area contributed by atoms with Gasteiger partial charge in [0.15, 0.2) is 0 Å². The first kappa shape index (κ1) is 16.6. The van der Waals surface area contributed by atoms with Crippen LogP contribution in [0.4, 0.5) is 0 Å². The molecular weight excluding hydrogens is 254 g/mol. The van der Waals surface area contributed by atoms with Crippen molar-refractivity contribution in [1.82, 2.24) is 9.88 Å². The molecule has 1 heterocycles. The molecule has 4 heteroatoms. The molecule has 19 heavy (non-hydrogen) atoms. The minimum Gasteiger partial charge on any atom is -0.327 e. The molecular formula is C15H29N3S. The minimum atomic E-state index is 0.139. The largest absolute Gasteiger partial charge is 0.327 e. The van der Waals surface area contributed by atoms with Crippen molar-refractivity contribution in [2.24, 2.45) is 5.73 Å². The van der Waals surface area contributed by atoms with Crippen molar-refractivity contribution in [3.8, 4) is 0 Å². The van der Waals surface area contributed by atoms with Gasteiger partial charge in [-0.1, -0.05) is 34.6 Å². The Bertz CT molecular complexity index is 364. The lowest BCUT2D eigenvalue weighted by atomic mass is 9.93. The lowest BCUT2D eigenvalue weighted by molar-refractivity contribution is 0.290. The summed E-state index contributed by atoms with van der Waals surface area (Å²) in [5.41, 5.74) is 7.54. The van der Waals surface area contributed by atoms with Crippen LogP contribution in [0.2, 0.25) is 0 Å². The summed E-state index contributed by atoms with van der Waals surface area (Å²) in [7, 11) is 0. The molecule has 1 aromatic heterocycles. The molecule has 1 unspecified atom stereocenters. The molecule has 0 fully saturated rings. The number of rotatable bonds is 7. The van der Waals surface area contributed by atoms with E-state index in [0.717, 1.165) is 32.5 Å². The normalized spacial score (nSPS) is 14.1. The molecule has 0 amide bonds. The van der Waals surface area contributed by atoms with E-state index in [2.05, 4.69) is 44.9 Å². The first-order valence-electron chi connectivity index (χ1n) is 7.29. The molecule has 0 aliphatic heterocycles. The van der Waals surface area contributed by atoms with Crippen molar-refractivity contribution < 1.29 is 0 Å². The van der Waals surface area contributed by atoms with E-state index in [9.17, 15) is 0 Å². The van der Waals surface area contributed by atoms with E-state index in [1.54, 1.807) is 11.3 Å². The maximum atomic E-state index is 6.22. The van der Waals surface area contributed by atoms with Crippen LogP contribution in [0.3, 0.4) is 0 Å². The van der Waals surface area contributed by atoms with Crippen molar-refractivity contribution in [2.45, 2.75) is 58.9 Å².